The average Bonchev–Trinajstić information content (AvgIpc) is 2.77. The molecule has 0 saturated carbocycles. The molecule has 5 rings (SSSR count). The number of aryl methyl sites for hydroxylation is 2. The highest BCUT2D eigenvalue weighted by molar-refractivity contribution is 6.03. The number of amides is 2. The Morgan fingerprint density at radius 3 is 1.55 bits per heavy atom. The largest absolute Gasteiger partial charge is 0.480 e. The molecule has 1 aromatic carbocycles. The second-order valence-electron chi connectivity index (χ2n) is 20.2. The van der Waals surface area contributed by atoms with E-state index in [1.165, 1.54) is 31.4 Å². The molecular weight excluding hydrogens is 1100 g/mol. The number of fused-ring (bicyclic) bond motifs is 1. The fourth-order valence-corrected chi connectivity index (χ4v) is 8.94. The molecule has 0 unspecified atom stereocenters. The molecule has 27 nitrogen and oxygen atoms in total. The molecule has 2 amide bonds. The maximum atomic E-state index is 13.3. The summed E-state index contributed by atoms with van der Waals surface area (Å²) in [4.78, 5) is 76.4. The number of nitrogens with zero attached hydrogens (tertiary/aromatic N) is 6. The summed E-state index contributed by atoms with van der Waals surface area (Å²) in [5.41, 5.74) is 3.72. The molecule has 0 radical (unpaired) electrons. The predicted octanol–water partition coefficient (Wildman–Crippen LogP) is 2.00. The Labute approximate surface area is 492 Å². The van der Waals surface area contributed by atoms with Gasteiger partial charge in [0.05, 0.1) is 146 Å². The molecule has 1 saturated heterocycles. The van der Waals surface area contributed by atoms with Crippen LogP contribution < -0.4 is 29.6 Å². The van der Waals surface area contributed by atoms with Gasteiger partial charge in [-0.1, -0.05) is 19.9 Å². The van der Waals surface area contributed by atoms with Crippen LogP contribution in [-0.4, -0.2) is 277 Å². The van der Waals surface area contributed by atoms with Gasteiger partial charge in [-0.25, -0.2) is 0 Å². The molecule has 3 heterocycles. The lowest BCUT2D eigenvalue weighted by molar-refractivity contribution is -0.138. The van der Waals surface area contributed by atoms with Crippen LogP contribution in [0.15, 0.2) is 28.7 Å². The van der Waals surface area contributed by atoms with E-state index in [0.717, 1.165) is 31.0 Å². The van der Waals surface area contributed by atoms with Crippen molar-refractivity contribution in [2.75, 3.05) is 217 Å². The van der Waals surface area contributed by atoms with Gasteiger partial charge in [0.2, 0.25) is 17.7 Å². The maximum absolute atomic E-state index is 13.3. The quantitative estimate of drug-likeness (QED) is 0.0540. The predicted molar refractivity (Wildman–Crippen MR) is 305 cm³/mol. The first-order valence-electron chi connectivity index (χ1n) is 28.5. The smallest absolute Gasteiger partial charge is 0.323 e. The normalized spacial score (nSPS) is 15.4. The van der Waals surface area contributed by atoms with Crippen molar-refractivity contribution in [1.82, 2.24) is 34.9 Å². The van der Waals surface area contributed by atoms with Crippen molar-refractivity contribution >= 4 is 36.0 Å². The number of furan rings is 1. The molecular formula is C57H88N8O19. The molecule has 2 aliphatic rings. The Morgan fingerprint density at radius 2 is 1.08 bits per heavy atom. The van der Waals surface area contributed by atoms with Crippen molar-refractivity contribution in [3.8, 4) is 29.5 Å². The highest BCUT2D eigenvalue weighted by Gasteiger charge is 2.31. The molecule has 1 aliphatic carbocycles. The number of ether oxygens (including phenoxy) is 12. The zero-order valence-corrected chi connectivity index (χ0v) is 49.6. The number of hydrogen-bond donors (Lipinski definition) is 3. The molecule has 470 valence electrons. The van der Waals surface area contributed by atoms with Gasteiger partial charge in [-0.2, -0.15) is 9.97 Å². The second-order valence-corrected chi connectivity index (χ2v) is 20.2. The molecule has 3 aromatic rings. The van der Waals surface area contributed by atoms with Gasteiger partial charge in [0, 0.05) is 65.0 Å². The monoisotopic (exact) mass is 1190 g/mol. The molecule has 1 fully saturated rings. The minimum Gasteiger partial charge on any atom is -0.480 e. The van der Waals surface area contributed by atoms with Gasteiger partial charge >= 0.3 is 12.0 Å². The van der Waals surface area contributed by atoms with E-state index in [4.69, 9.17) is 61.3 Å². The minimum atomic E-state index is -0.943. The Bertz CT molecular complexity index is 2390. The summed E-state index contributed by atoms with van der Waals surface area (Å²) in [7, 11) is 2.79. The number of carbonyl (C=O) groups excluding carboxylic acids is 4. The lowest BCUT2D eigenvalue weighted by atomic mass is 9.86. The van der Waals surface area contributed by atoms with Crippen molar-refractivity contribution in [2.45, 2.75) is 39.0 Å². The van der Waals surface area contributed by atoms with E-state index >= 15 is 0 Å². The third-order valence-corrected chi connectivity index (χ3v) is 13.6. The Hall–Kier alpha value is -5.95. The topological polar surface area (TPSA) is 292 Å². The molecule has 0 bridgehead atoms. The number of nitrogens with one attached hydrogen (secondary N) is 2. The molecule has 1 aliphatic heterocycles. The summed E-state index contributed by atoms with van der Waals surface area (Å²) in [6.07, 6.45) is 3.78. The van der Waals surface area contributed by atoms with E-state index in [2.05, 4.69) is 46.6 Å². The standard InChI is InChI=1S/C57H88N8O19/c1-44-40-45-8-9-57(2,3)46(45)41-48(44)84-51-7-6-47(83-51)53(71)59-52-54(72-4)60-56(61-55(52)73-5)82-39-38-81-37-36-80-35-34-79-33-32-78-31-30-77-29-28-76-27-26-75-25-24-74-23-10-58-49(68)42-64-15-13-62(19-21-66)11-12-63(20-22-67)14-16-65(18-17-64)43-50(69)70/h6-7,21-22,40-41H,8-20,23-39,42-43H2,1-5H3,(H,58,68)(H,59,71)(H,69,70). The number of aromatic nitrogens is 2. The number of aldehydes is 2. The van der Waals surface area contributed by atoms with Crippen molar-refractivity contribution in [3.63, 3.8) is 0 Å². The molecule has 0 spiro atoms. The van der Waals surface area contributed by atoms with E-state index in [-0.39, 0.29) is 85.9 Å². The summed E-state index contributed by atoms with van der Waals surface area (Å²) >= 11 is 0. The van der Waals surface area contributed by atoms with Crippen molar-refractivity contribution in [1.29, 1.82) is 0 Å². The summed E-state index contributed by atoms with van der Waals surface area (Å²) in [5, 5.41) is 15.0. The summed E-state index contributed by atoms with van der Waals surface area (Å²) in [5.74, 6) is -0.829. The van der Waals surface area contributed by atoms with E-state index in [1.54, 1.807) is 6.07 Å². The first-order chi connectivity index (χ1) is 40.8. The van der Waals surface area contributed by atoms with Gasteiger partial charge in [-0.05, 0) is 54.0 Å². The third kappa shape index (κ3) is 26.1. The van der Waals surface area contributed by atoms with Crippen LogP contribution >= 0.6 is 0 Å². The number of rotatable bonds is 42. The van der Waals surface area contributed by atoms with E-state index in [9.17, 15) is 29.1 Å². The lowest BCUT2D eigenvalue weighted by Gasteiger charge is -2.32. The summed E-state index contributed by atoms with van der Waals surface area (Å²) in [6, 6.07) is 7.28. The van der Waals surface area contributed by atoms with Crippen LogP contribution in [0.2, 0.25) is 0 Å². The van der Waals surface area contributed by atoms with Crippen LogP contribution in [0.3, 0.4) is 0 Å². The second kappa shape index (κ2) is 39.6. The number of benzene rings is 1. The van der Waals surface area contributed by atoms with Gasteiger partial charge in [-0.15, -0.1) is 0 Å². The molecule has 0 atom stereocenters. The minimum absolute atomic E-state index is 0.000108. The number of anilines is 1. The van der Waals surface area contributed by atoms with Gasteiger partial charge in [0.25, 0.3) is 11.9 Å². The Morgan fingerprint density at radius 1 is 0.631 bits per heavy atom. The van der Waals surface area contributed by atoms with Crippen LogP contribution in [0.4, 0.5) is 5.69 Å². The number of carboxylic acids is 1. The number of hydrogen-bond acceptors (Lipinski definition) is 24. The highest BCUT2D eigenvalue weighted by Crippen LogP contribution is 2.42. The first-order valence-corrected chi connectivity index (χ1v) is 28.5. The number of methoxy groups -OCH3 is 2. The third-order valence-electron chi connectivity index (χ3n) is 13.6. The van der Waals surface area contributed by atoms with Crippen LogP contribution in [0.25, 0.3) is 0 Å². The zero-order chi connectivity index (χ0) is 60.2. The van der Waals surface area contributed by atoms with Crippen LogP contribution in [0.5, 0.6) is 29.5 Å². The van der Waals surface area contributed by atoms with E-state index < -0.39 is 11.9 Å². The van der Waals surface area contributed by atoms with E-state index in [1.807, 2.05) is 26.5 Å². The van der Waals surface area contributed by atoms with Gasteiger partial charge in [0.1, 0.15) is 24.9 Å². The van der Waals surface area contributed by atoms with E-state index in [0.29, 0.717) is 164 Å². The fraction of sp³-hybridized carbons (Fsp3) is 0.667. The summed E-state index contributed by atoms with van der Waals surface area (Å²) in [6.45, 7) is 17.4. The molecule has 84 heavy (non-hydrogen) atoms. The van der Waals surface area contributed by atoms with Crippen molar-refractivity contribution in [2.24, 2.45) is 0 Å². The summed E-state index contributed by atoms with van der Waals surface area (Å²) < 4.78 is 72.9. The van der Waals surface area contributed by atoms with Crippen LogP contribution in [0, 0.1) is 6.92 Å². The number of carboxylic acid groups (broad SMARTS) is 1. The zero-order valence-electron chi connectivity index (χ0n) is 49.6. The fourth-order valence-electron chi connectivity index (χ4n) is 8.94. The molecule has 3 N–H and O–H groups in total. The Kier molecular flexibility index (Phi) is 32.5. The number of aliphatic carboxylic acids is 1. The maximum Gasteiger partial charge on any atom is 0.323 e. The lowest BCUT2D eigenvalue weighted by Crippen LogP contribution is -2.49. The number of carbonyl (C=O) groups is 5. The van der Waals surface area contributed by atoms with Gasteiger partial charge in [0.15, 0.2) is 11.4 Å². The first kappa shape index (κ1) is 68.8. The van der Waals surface area contributed by atoms with Crippen LogP contribution in [0.1, 0.15) is 47.5 Å². The van der Waals surface area contributed by atoms with Crippen LogP contribution in [-0.2, 0) is 68.9 Å². The van der Waals surface area contributed by atoms with Crippen molar-refractivity contribution < 1.29 is 90.3 Å². The Balaban J connectivity index is 0.784. The van der Waals surface area contributed by atoms with Gasteiger partial charge < -0.3 is 86.6 Å². The SMILES string of the molecule is COc1nc(OCCOCCOCCOCCOCCOCCOCCOCCOCCNC(=O)CN2CCN(CC=O)CCN(CC=O)CCN(CC(=O)O)CC2)nc(OC)c1NC(=O)c1ccc(Oc2cc3c(cc2C)CCC3(C)C)o1. The van der Waals surface area contributed by atoms with Gasteiger partial charge in [-0.3, -0.25) is 34.0 Å². The van der Waals surface area contributed by atoms with Crippen molar-refractivity contribution in [3.05, 3.63) is 46.7 Å². The highest BCUT2D eigenvalue weighted by atomic mass is 16.6. The molecule has 2 aromatic heterocycles. The molecule has 27 heteroatoms. The average molecular weight is 1190 g/mol.